The molecule has 1 aromatic rings. The van der Waals surface area contributed by atoms with Crippen LogP contribution in [0.15, 0.2) is 12.1 Å². The molecule has 0 spiro atoms. The summed E-state index contributed by atoms with van der Waals surface area (Å²) in [5.74, 6) is 1.25. The minimum Gasteiger partial charge on any atom is -0.372 e. The van der Waals surface area contributed by atoms with Crippen molar-refractivity contribution in [2.24, 2.45) is 5.92 Å². The summed E-state index contributed by atoms with van der Waals surface area (Å²) in [6.45, 7) is 2.18. The molecule has 0 radical (unpaired) electrons. The van der Waals surface area contributed by atoms with Gasteiger partial charge in [0.15, 0.2) is 5.69 Å². The number of amides is 1. The molecule has 1 heterocycles. The summed E-state index contributed by atoms with van der Waals surface area (Å²) in [5, 5.41) is 13.5. The third kappa shape index (κ3) is 2.29. The van der Waals surface area contributed by atoms with Crippen LogP contribution >= 0.6 is 0 Å². The summed E-state index contributed by atoms with van der Waals surface area (Å²) in [4.78, 5) is 11.7. The highest BCUT2D eigenvalue weighted by Crippen LogP contribution is 2.26. The summed E-state index contributed by atoms with van der Waals surface area (Å²) in [6.07, 6.45) is 2.13. The van der Waals surface area contributed by atoms with Crippen LogP contribution in [-0.2, 0) is 0 Å². The number of hydrogen-bond donors (Lipinski definition) is 2. The second kappa shape index (κ2) is 4.47. The zero-order valence-corrected chi connectivity index (χ0v) is 9.53. The number of carbonyl (C=O) groups excluding carboxylic acids is 1. The van der Waals surface area contributed by atoms with E-state index in [1.807, 2.05) is 0 Å². The van der Waals surface area contributed by atoms with Crippen molar-refractivity contribution in [3.63, 3.8) is 0 Å². The molecular weight excluding hydrogens is 204 g/mol. The Morgan fingerprint density at radius 1 is 1.38 bits per heavy atom. The first-order valence-corrected chi connectivity index (χ1v) is 5.51. The number of anilines is 1. The molecule has 5 nitrogen and oxygen atoms in total. The van der Waals surface area contributed by atoms with Gasteiger partial charge in [0.1, 0.15) is 5.82 Å². The Balaban J connectivity index is 1.93. The van der Waals surface area contributed by atoms with Crippen LogP contribution in [0, 0.1) is 5.92 Å². The van der Waals surface area contributed by atoms with Crippen molar-refractivity contribution in [2.45, 2.75) is 25.8 Å². The predicted molar refractivity (Wildman–Crippen MR) is 61.2 cm³/mol. The SMILES string of the molecule is CNc1ccc(C(=O)NC2CC(C)C2)nn1. The van der Waals surface area contributed by atoms with Gasteiger partial charge in [-0.3, -0.25) is 4.79 Å². The van der Waals surface area contributed by atoms with Crippen molar-refractivity contribution in [3.8, 4) is 0 Å². The van der Waals surface area contributed by atoms with Gasteiger partial charge in [0.05, 0.1) is 0 Å². The van der Waals surface area contributed by atoms with E-state index in [4.69, 9.17) is 0 Å². The van der Waals surface area contributed by atoms with E-state index >= 15 is 0 Å². The van der Waals surface area contributed by atoms with Crippen LogP contribution in [0.2, 0.25) is 0 Å². The number of nitrogens with one attached hydrogen (secondary N) is 2. The van der Waals surface area contributed by atoms with E-state index in [2.05, 4.69) is 27.8 Å². The van der Waals surface area contributed by atoms with E-state index in [9.17, 15) is 4.79 Å². The molecule has 0 atom stereocenters. The number of carbonyl (C=O) groups is 1. The normalized spacial score (nSPS) is 23.4. The molecule has 0 aliphatic heterocycles. The van der Waals surface area contributed by atoms with Crippen molar-refractivity contribution in [1.29, 1.82) is 0 Å². The molecule has 0 unspecified atom stereocenters. The quantitative estimate of drug-likeness (QED) is 0.799. The standard InChI is InChI=1S/C11H16N4O/c1-7-5-8(6-7)13-11(16)9-3-4-10(12-2)15-14-9/h3-4,7-8H,5-6H2,1-2H3,(H,12,15)(H,13,16). The molecule has 1 aliphatic carbocycles. The minimum absolute atomic E-state index is 0.132. The summed E-state index contributed by atoms with van der Waals surface area (Å²) in [7, 11) is 1.76. The smallest absolute Gasteiger partial charge is 0.272 e. The fraction of sp³-hybridized carbons (Fsp3) is 0.545. The molecule has 1 aliphatic rings. The maximum absolute atomic E-state index is 11.7. The van der Waals surface area contributed by atoms with E-state index in [0.717, 1.165) is 18.8 Å². The van der Waals surface area contributed by atoms with Crippen molar-refractivity contribution >= 4 is 11.7 Å². The van der Waals surface area contributed by atoms with Crippen molar-refractivity contribution in [1.82, 2.24) is 15.5 Å². The molecule has 1 amide bonds. The number of rotatable bonds is 3. The van der Waals surface area contributed by atoms with Crippen LogP contribution in [0.25, 0.3) is 0 Å². The first kappa shape index (κ1) is 10.9. The number of hydrogen-bond acceptors (Lipinski definition) is 4. The fourth-order valence-electron chi connectivity index (χ4n) is 1.87. The Morgan fingerprint density at radius 3 is 2.62 bits per heavy atom. The molecule has 0 aromatic carbocycles. The third-order valence-corrected chi connectivity index (χ3v) is 2.86. The largest absolute Gasteiger partial charge is 0.372 e. The molecule has 2 N–H and O–H groups in total. The van der Waals surface area contributed by atoms with Gasteiger partial charge in [0, 0.05) is 13.1 Å². The number of nitrogens with zero attached hydrogens (tertiary/aromatic N) is 2. The van der Waals surface area contributed by atoms with Crippen LogP contribution in [0.3, 0.4) is 0 Å². The van der Waals surface area contributed by atoms with Crippen LogP contribution in [0.5, 0.6) is 0 Å². The van der Waals surface area contributed by atoms with Gasteiger partial charge in [-0.25, -0.2) is 0 Å². The highest BCUT2D eigenvalue weighted by atomic mass is 16.2. The zero-order chi connectivity index (χ0) is 11.5. The van der Waals surface area contributed by atoms with Crippen molar-refractivity contribution in [2.75, 3.05) is 12.4 Å². The highest BCUT2D eigenvalue weighted by molar-refractivity contribution is 5.92. The molecule has 86 valence electrons. The third-order valence-electron chi connectivity index (χ3n) is 2.86. The molecule has 0 saturated heterocycles. The summed E-state index contributed by atoms with van der Waals surface area (Å²) < 4.78 is 0. The summed E-state index contributed by atoms with van der Waals surface area (Å²) in [5.41, 5.74) is 0.374. The van der Waals surface area contributed by atoms with Gasteiger partial charge in [-0.1, -0.05) is 6.92 Å². The molecule has 0 bridgehead atoms. The Kier molecular flexibility index (Phi) is 3.03. The van der Waals surface area contributed by atoms with Crippen LogP contribution in [0.1, 0.15) is 30.3 Å². The van der Waals surface area contributed by atoms with Gasteiger partial charge < -0.3 is 10.6 Å². The lowest BCUT2D eigenvalue weighted by Gasteiger charge is -2.33. The van der Waals surface area contributed by atoms with E-state index < -0.39 is 0 Å². The molecule has 2 rings (SSSR count). The lowest BCUT2D eigenvalue weighted by molar-refractivity contribution is 0.0890. The Morgan fingerprint density at radius 2 is 2.12 bits per heavy atom. The van der Waals surface area contributed by atoms with E-state index in [0.29, 0.717) is 17.6 Å². The van der Waals surface area contributed by atoms with Crippen molar-refractivity contribution in [3.05, 3.63) is 17.8 Å². The van der Waals surface area contributed by atoms with Gasteiger partial charge in [-0.05, 0) is 30.9 Å². The lowest BCUT2D eigenvalue weighted by Crippen LogP contribution is -2.43. The monoisotopic (exact) mass is 220 g/mol. The maximum atomic E-state index is 11.7. The topological polar surface area (TPSA) is 66.9 Å². The summed E-state index contributed by atoms with van der Waals surface area (Å²) >= 11 is 0. The molecular formula is C11H16N4O. The predicted octanol–water partition coefficient (Wildman–Crippen LogP) is 1.05. The Bertz CT molecular complexity index is 370. The average Bonchev–Trinajstić information content (AvgIpc) is 2.27. The summed E-state index contributed by atoms with van der Waals surface area (Å²) in [6, 6.07) is 3.73. The number of aromatic nitrogens is 2. The molecule has 5 heteroatoms. The molecule has 1 saturated carbocycles. The van der Waals surface area contributed by atoms with Crippen LogP contribution < -0.4 is 10.6 Å². The van der Waals surface area contributed by atoms with Gasteiger partial charge in [-0.2, -0.15) is 0 Å². The van der Waals surface area contributed by atoms with Gasteiger partial charge in [0.25, 0.3) is 5.91 Å². The van der Waals surface area contributed by atoms with Gasteiger partial charge in [0.2, 0.25) is 0 Å². The van der Waals surface area contributed by atoms with Crippen LogP contribution in [0.4, 0.5) is 5.82 Å². The first-order valence-electron chi connectivity index (χ1n) is 5.51. The first-order chi connectivity index (χ1) is 7.69. The maximum Gasteiger partial charge on any atom is 0.272 e. The van der Waals surface area contributed by atoms with Crippen LogP contribution in [-0.4, -0.2) is 29.2 Å². The molecule has 1 aromatic heterocycles. The Hall–Kier alpha value is -1.65. The molecule has 1 fully saturated rings. The average molecular weight is 220 g/mol. The van der Waals surface area contributed by atoms with E-state index in [1.165, 1.54) is 0 Å². The highest BCUT2D eigenvalue weighted by Gasteiger charge is 2.27. The fourth-order valence-corrected chi connectivity index (χ4v) is 1.87. The minimum atomic E-state index is -0.132. The zero-order valence-electron chi connectivity index (χ0n) is 9.53. The second-order valence-corrected chi connectivity index (χ2v) is 4.30. The molecule has 16 heavy (non-hydrogen) atoms. The van der Waals surface area contributed by atoms with E-state index in [1.54, 1.807) is 19.2 Å². The lowest BCUT2D eigenvalue weighted by atomic mass is 9.82. The Labute approximate surface area is 94.6 Å². The van der Waals surface area contributed by atoms with Crippen molar-refractivity contribution < 1.29 is 4.79 Å². The van der Waals surface area contributed by atoms with E-state index in [-0.39, 0.29) is 5.91 Å². The van der Waals surface area contributed by atoms with Gasteiger partial charge >= 0.3 is 0 Å². The second-order valence-electron chi connectivity index (χ2n) is 4.30. The van der Waals surface area contributed by atoms with Gasteiger partial charge in [-0.15, -0.1) is 10.2 Å².